The van der Waals surface area contributed by atoms with Gasteiger partial charge in [-0.3, -0.25) is 4.79 Å². The number of hydrogen-bond donors (Lipinski definition) is 0. The Morgan fingerprint density at radius 3 is 2.33 bits per heavy atom. The molecule has 0 aliphatic rings. The molecule has 122 valence electrons. The summed E-state index contributed by atoms with van der Waals surface area (Å²) < 4.78 is 6.87. The van der Waals surface area contributed by atoms with Gasteiger partial charge in [-0.25, -0.2) is 4.57 Å². The fourth-order valence-electron chi connectivity index (χ4n) is 2.29. The summed E-state index contributed by atoms with van der Waals surface area (Å²) in [6, 6.07) is 19.0. The van der Waals surface area contributed by atoms with Crippen molar-refractivity contribution in [3.63, 3.8) is 0 Å². The maximum atomic E-state index is 12.3. The van der Waals surface area contributed by atoms with Gasteiger partial charge >= 0.3 is 0 Å². The third-order valence-corrected chi connectivity index (χ3v) is 3.58. The molecule has 0 aliphatic carbocycles. The van der Waals surface area contributed by atoms with Crippen LogP contribution in [0.1, 0.15) is 10.4 Å². The summed E-state index contributed by atoms with van der Waals surface area (Å²) in [4.78, 5) is 16.7. The van der Waals surface area contributed by atoms with Gasteiger partial charge in [0.05, 0.1) is 13.3 Å². The first kappa shape index (κ1) is 17.8. The van der Waals surface area contributed by atoms with Crippen molar-refractivity contribution in [2.45, 2.75) is 6.54 Å². The number of ketones is 1. The highest BCUT2D eigenvalue weighted by Crippen LogP contribution is 2.14. The molecule has 1 heterocycles. The standard InChI is InChI=1S/C19H17N2O2.BrH/c1-23-17-9-7-16(8-10-17)19(22)13-21-12-11-18(20-14-21)15-5-3-2-4-6-15;/h2-12,14H,13H2,1H3;1H/q+1;/p-1. The number of carbonyl (C=O) groups excluding carboxylic acids is 1. The van der Waals surface area contributed by atoms with E-state index in [1.165, 1.54) is 0 Å². The van der Waals surface area contributed by atoms with Gasteiger partial charge in [-0.1, -0.05) is 30.3 Å². The maximum absolute atomic E-state index is 12.3. The van der Waals surface area contributed by atoms with Crippen LogP contribution in [0.4, 0.5) is 0 Å². The number of methoxy groups -OCH3 is 1. The van der Waals surface area contributed by atoms with Crippen molar-refractivity contribution in [3.8, 4) is 17.0 Å². The van der Waals surface area contributed by atoms with Crippen LogP contribution in [0, 0.1) is 0 Å². The number of carbonyl (C=O) groups is 1. The van der Waals surface area contributed by atoms with Crippen molar-refractivity contribution in [3.05, 3.63) is 78.8 Å². The van der Waals surface area contributed by atoms with Crippen LogP contribution < -0.4 is 26.3 Å². The fourth-order valence-corrected chi connectivity index (χ4v) is 2.29. The van der Waals surface area contributed by atoms with E-state index in [1.807, 2.05) is 42.6 Å². The number of ether oxygens (including phenoxy) is 1. The first-order chi connectivity index (χ1) is 11.3. The first-order valence-electron chi connectivity index (χ1n) is 7.34. The molecule has 0 bridgehead atoms. The lowest BCUT2D eigenvalue weighted by Crippen LogP contribution is -3.00. The molecular weight excluding hydrogens is 368 g/mol. The quantitative estimate of drug-likeness (QED) is 0.456. The molecule has 0 atom stereocenters. The molecule has 24 heavy (non-hydrogen) atoms. The molecule has 0 N–H and O–H groups in total. The molecule has 4 nitrogen and oxygen atoms in total. The molecule has 0 spiro atoms. The Morgan fingerprint density at radius 1 is 1.04 bits per heavy atom. The minimum Gasteiger partial charge on any atom is -1.00 e. The number of hydrogen-bond acceptors (Lipinski definition) is 3. The van der Waals surface area contributed by atoms with Gasteiger partial charge in [0.2, 0.25) is 5.78 Å². The molecule has 0 radical (unpaired) electrons. The number of nitrogens with zero attached hydrogens (tertiary/aromatic N) is 2. The molecule has 0 aliphatic heterocycles. The van der Waals surface area contributed by atoms with E-state index in [4.69, 9.17) is 4.74 Å². The number of aromatic nitrogens is 2. The predicted octanol–water partition coefficient (Wildman–Crippen LogP) is -0.0684. The number of Topliss-reactive ketones (excluding diaryl/α,β-unsaturated/α-hetero) is 1. The van der Waals surface area contributed by atoms with E-state index >= 15 is 0 Å². The van der Waals surface area contributed by atoms with Crippen LogP contribution in [0.25, 0.3) is 11.3 Å². The van der Waals surface area contributed by atoms with Gasteiger partial charge in [0, 0.05) is 17.2 Å². The van der Waals surface area contributed by atoms with Crippen LogP contribution in [-0.4, -0.2) is 17.9 Å². The highest BCUT2D eigenvalue weighted by Gasteiger charge is 2.11. The van der Waals surface area contributed by atoms with Gasteiger partial charge in [-0.05, 0) is 29.2 Å². The summed E-state index contributed by atoms with van der Waals surface area (Å²) in [5.41, 5.74) is 2.60. The first-order valence-corrected chi connectivity index (χ1v) is 7.34. The van der Waals surface area contributed by atoms with E-state index in [1.54, 1.807) is 42.3 Å². The molecule has 0 fully saturated rings. The van der Waals surface area contributed by atoms with E-state index in [2.05, 4.69) is 4.98 Å². The van der Waals surface area contributed by atoms with E-state index in [0.717, 1.165) is 17.0 Å². The SMILES string of the molecule is COc1ccc(C(=O)C[n+]2ccc(-c3ccccc3)nc2)cc1.[Br-]. The van der Waals surface area contributed by atoms with E-state index < -0.39 is 0 Å². The lowest BCUT2D eigenvalue weighted by atomic mass is 10.1. The summed E-state index contributed by atoms with van der Waals surface area (Å²) in [5, 5.41) is 0. The van der Waals surface area contributed by atoms with E-state index in [0.29, 0.717) is 5.56 Å². The summed E-state index contributed by atoms with van der Waals surface area (Å²) in [5.74, 6) is 0.773. The molecule has 0 unspecified atom stereocenters. The van der Waals surface area contributed by atoms with Crippen molar-refractivity contribution in [2.75, 3.05) is 7.11 Å². The van der Waals surface area contributed by atoms with Gasteiger partial charge in [0.25, 0.3) is 6.33 Å². The van der Waals surface area contributed by atoms with Crippen molar-refractivity contribution in [1.82, 2.24) is 4.98 Å². The molecule has 0 saturated heterocycles. The summed E-state index contributed by atoms with van der Waals surface area (Å²) >= 11 is 0. The van der Waals surface area contributed by atoms with E-state index in [9.17, 15) is 4.79 Å². The van der Waals surface area contributed by atoms with Gasteiger partial charge < -0.3 is 21.7 Å². The third-order valence-electron chi connectivity index (χ3n) is 3.58. The average Bonchev–Trinajstić information content (AvgIpc) is 2.63. The smallest absolute Gasteiger partial charge is 0.287 e. The average molecular weight is 385 g/mol. The van der Waals surface area contributed by atoms with Gasteiger partial charge in [-0.2, -0.15) is 0 Å². The second kappa shape index (κ2) is 8.36. The second-order valence-electron chi connectivity index (χ2n) is 5.14. The molecule has 1 aromatic heterocycles. The Hall–Kier alpha value is -2.53. The lowest BCUT2D eigenvalue weighted by molar-refractivity contribution is -0.686. The van der Waals surface area contributed by atoms with Crippen LogP contribution in [0.5, 0.6) is 5.75 Å². The third kappa shape index (κ3) is 4.26. The second-order valence-corrected chi connectivity index (χ2v) is 5.14. The minimum absolute atomic E-state index is 0. The molecular formula is C19H17BrN2O2. The Kier molecular flexibility index (Phi) is 6.21. The highest BCUT2D eigenvalue weighted by molar-refractivity contribution is 5.95. The van der Waals surface area contributed by atoms with Crippen LogP contribution in [0.2, 0.25) is 0 Å². The van der Waals surface area contributed by atoms with Gasteiger partial charge in [0.1, 0.15) is 5.75 Å². The zero-order chi connectivity index (χ0) is 16.1. The largest absolute Gasteiger partial charge is 1.00 e. The van der Waals surface area contributed by atoms with Crippen molar-refractivity contribution in [1.29, 1.82) is 0 Å². The van der Waals surface area contributed by atoms with E-state index in [-0.39, 0.29) is 29.3 Å². The normalized spacial score (nSPS) is 9.88. The van der Waals surface area contributed by atoms with Crippen LogP contribution >= 0.6 is 0 Å². The van der Waals surface area contributed by atoms with Crippen LogP contribution in [0.3, 0.4) is 0 Å². The predicted molar refractivity (Wildman–Crippen MR) is 87.2 cm³/mol. The number of halogens is 1. The summed E-state index contributed by atoms with van der Waals surface area (Å²) in [6.45, 7) is 0.258. The van der Waals surface area contributed by atoms with Gasteiger partial charge in [0.15, 0.2) is 12.2 Å². The summed E-state index contributed by atoms with van der Waals surface area (Å²) in [7, 11) is 1.60. The molecule has 3 aromatic rings. The zero-order valence-corrected chi connectivity index (χ0v) is 14.8. The maximum Gasteiger partial charge on any atom is 0.287 e. The minimum atomic E-state index is 0. The Bertz CT molecular complexity index is 788. The fraction of sp³-hybridized carbons (Fsp3) is 0.105. The van der Waals surface area contributed by atoms with Crippen LogP contribution in [0.15, 0.2) is 73.2 Å². The Labute approximate surface area is 151 Å². The highest BCUT2D eigenvalue weighted by atomic mass is 79.9. The molecule has 2 aromatic carbocycles. The zero-order valence-electron chi connectivity index (χ0n) is 13.2. The molecule has 5 heteroatoms. The topological polar surface area (TPSA) is 43.1 Å². The Morgan fingerprint density at radius 2 is 1.75 bits per heavy atom. The van der Waals surface area contributed by atoms with Crippen molar-refractivity contribution >= 4 is 5.78 Å². The Balaban J connectivity index is 0.00000208. The lowest BCUT2D eigenvalue weighted by Gasteiger charge is -2.02. The monoisotopic (exact) mass is 384 g/mol. The van der Waals surface area contributed by atoms with Crippen molar-refractivity contribution in [2.24, 2.45) is 0 Å². The van der Waals surface area contributed by atoms with Crippen LogP contribution in [-0.2, 0) is 6.54 Å². The number of rotatable bonds is 5. The van der Waals surface area contributed by atoms with Crippen molar-refractivity contribution < 1.29 is 31.1 Å². The number of benzene rings is 2. The summed E-state index contributed by atoms with van der Waals surface area (Å²) in [6.07, 6.45) is 3.56. The molecule has 0 amide bonds. The van der Waals surface area contributed by atoms with Gasteiger partial charge in [-0.15, -0.1) is 0 Å². The molecule has 3 rings (SSSR count). The molecule has 0 saturated carbocycles.